The van der Waals surface area contributed by atoms with Crippen molar-refractivity contribution in [2.24, 2.45) is 0 Å². The Morgan fingerprint density at radius 3 is 2.42 bits per heavy atom. The monoisotopic (exact) mass is 353 g/mol. The molecular weight excluding hydrogens is 336 g/mol. The van der Waals surface area contributed by atoms with Crippen LogP contribution >= 0.6 is 0 Å². The summed E-state index contributed by atoms with van der Waals surface area (Å²) in [7, 11) is 0. The van der Waals surface area contributed by atoms with E-state index in [1.54, 1.807) is 12.1 Å². The van der Waals surface area contributed by atoms with E-state index in [4.69, 9.17) is 0 Å². The SMILES string of the molecule is Cc1cccc(CC(=O)Nc2ccc(Nc3c(F)cccc3F)cn2)c1. The molecule has 0 radical (unpaired) electrons. The van der Waals surface area contributed by atoms with Gasteiger partial charge in [0.05, 0.1) is 18.3 Å². The Hall–Kier alpha value is -3.28. The molecule has 1 amide bonds. The maximum Gasteiger partial charge on any atom is 0.229 e. The highest BCUT2D eigenvalue weighted by Gasteiger charge is 2.09. The van der Waals surface area contributed by atoms with Gasteiger partial charge >= 0.3 is 0 Å². The molecule has 0 atom stereocenters. The van der Waals surface area contributed by atoms with Crippen molar-refractivity contribution in [2.75, 3.05) is 10.6 Å². The van der Waals surface area contributed by atoms with Gasteiger partial charge in [0, 0.05) is 0 Å². The number of nitrogens with one attached hydrogen (secondary N) is 2. The van der Waals surface area contributed by atoms with E-state index in [9.17, 15) is 13.6 Å². The number of nitrogens with zero attached hydrogens (tertiary/aromatic N) is 1. The highest BCUT2D eigenvalue weighted by molar-refractivity contribution is 5.91. The lowest BCUT2D eigenvalue weighted by Gasteiger charge is -2.09. The minimum atomic E-state index is -0.694. The summed E-state index contributed by atoms with van der Waals surface area (Å²) in [5, 5.41) is 5.34. The quantitative estimate of drug-likeness (QED) is 0.705. The lowest BCUT2D eigenvalue weighted by Crippen LogP contribution is -2.15. The molecule has 0 aliphatic heterocycles. The van der Waals surface area contributed by atoms with E-state index in [0.29, 0.717) is 11.5 Å². The number of carbonyl (C=O) groups excluding carboxylic acids is 1. The number of rotatable bonds is 5. The summed E-state index contributed by atoms with van der Waals surface area (Å²) in [6.07, 6.45) is 1.64. The first-order chi connectivity index (χ1) is 12.5. The van der Waals surface area contributed by atoms with Gasteiger partial charge in [-0.1, -0.05) is 35.9 Å². The number of benzene rings is 2. The molecule has 3 aromatic rings. The Labute approximate surface area is 149 Å². The van der Waals surface area contributed by atoms with Crippen LogP contribution in [0.5, 0.6) is 0 Å². The Balaban J connectivity index is 1.63. The van der Waals surface area contributed by atoms with E-state index in [2.05, 4.69) is 15.6 Å². The van der Waals surface area contributed by atoms with E-state index in [0.717, 1.165) is 11.1 Å². The van der Waals surface area contributed by atoms with Crippen LogP contribution in [0.15, 0.2) is 60.8 Å². The summed E-state index contributed by atoms with van der Waals surface area (Å²) in [6.45, 7) is 1.97. The molecule has 0 fully saturated rings. The summed E-state index contributed by atoms with van der Waals surface area (Å²) < 4.78 is 27.3. The van der Waals surface area contributed by atoms with E-state index in [1.807, 2.05) is 31.2 Å². The van der Waals surface area contributed by atoms with Crippen molar-refractivity contribution in [3.63, 3.8) is 0 Å². The van der Waals surface area contributed by atoms with Gasteiger partial charge < -0.3 is 10.6 Å². The number of anilines is 3. The molecule has 4 nitrogen and oxygen atoms in total. The summed E-state index contributed by atoms with van der Waals surface area (Å²) >= 11 is 0. The average molecular weight is 353 g/mol. The molecule has 1 aromatic heterocycles. The fourth-order valence-corrected chi connectivity index (χ4v) is 2.50. The maximum absolute atomic E-state index is 13.6. The highest BCUT2D eigenvalue weighted by Crippen LogP contribution is 2.23. The van der Waals surface area contributed by atoms with Gasteiger partial charge in [0.2, 0.25) is 5.91 Å². The number of amides is 1. The van der Waals surface area contributed by atoms with Gasteiger partial charge in [0.15, 0.2) is 0 Å². The van der Waals surface area contributed by atoms with Crippen molar-refractivity contribution in [1.29, 1.82) is 0 Å². The normalized spacial score (nSPS) is 10.4. The Morgan fingerprint density at radius 2 is 1.77 bits per heavy atom. The fraction of sp³-hybridized carbons (Fsp3) is 0.100. The van der Waals surface area contributed by atoms with Crippen molar-refractivity contribution in [3.05, 3.63) is 83.6 Å². The van der Waals surface area contributed by atoms with Gasteiger partial charge in [-0.25, -0.2) is 13.8 Å². The molecule has 0 unspecified atom stereocenters. The number of aryl methyl sites for hydroxylation is 1. The predicted molar refractivity (Wildman–Crippen MR) is 97.4 cm³/mol. The summed E-state index contributed by atoms with van der Waals surface area (Å²) in [5.74, 6) is -1.22. The minimum Gasteiger partial charge on any atom is -0.349 e. The van der Waals surface area contributed by atoms with Crippen LogP contribution < -0.4 is 10.6 Å². The Kier molecular flexibility index (Phi) is 5.22. The van der Waals surface area contributed by atoms with Crippen molar-refractivity contribution in [1.82, 2.24) is 4.98 Å². The molecule has 6 heteroatoms. The second kappa shape index (κ2) is 7.74. The van der Waals surface area contributed by atoms with Gasteiger partial charge in [-0.05, 0) is 36.8 Å². The Bertz CT molecular complexity index is 906. The second-order valence-electron chi connectivity index (χ2n) is 5.87. The van der Waals surface area contributed by atoms with Crippen LogP contribution in [-0.2, 0) is 11.2 Å². The van der Waals surface area contributed by atoms with Crippen LogP contribution in [0, 0.1) is 18.6 Å². The van der Waals surface area contributed by atoms with Crippen molar-refractivity contribution in [3.8, 4) is 0 Å². The summed E-state index contributed by atoms with van der Waals surface area (Å²) in [5.41, 5.74) is 2.16. The minimum absolute atomic E-state index is 0.191. The number of hydrogen-bond donors (Lipinski definition) is 2. The zero-order valence-electron chi connectivity index (χ0n) is 14.1. The summed E-state index contributed by atoms with van der Waals surface area (Å²) in [6, 6.07) is 14.5. The van der Waals surface area contributed by atoms with Crippen LogP contribution in [-0.4, -0.2) is 10.9 Å². The average Bonchev–Trinajstić information content (AvgIpc) is 2.60. The lowest BCUT2D eigenvalue weighted by atomic mass is 10.1. The van der Waals surface area contributed by atoms with Crippen molar-refractivity contribution < 1.29 is 13.6 Å². The maximum atomic E-state index is 13.6. The molecule has 0 spiro atoms. The van der Waals surface area contributed by atoms with E-state index in [1.165, 1.54) is 24.4 Å². The van der Waals surface area contributed by atoms with Crippen LogP contribution in [0.3, 0.4) is 0 Å². The highest BCUT2D eigenvalue weighted by atomic mass is 19.1. The lowest BCUT2D eigenvalue weighted by molar-refractivity contribution is -0.115. The third kappa shape index (κ3) is 4.42. The first-order valence-corrected chi connectivity index (χ1v) is 8.04. The van der Waals surface area contributed by atoms with Gasteiger partial charge in [-0.15, -0.1) is 0 Å². The number of hydrogen-bond acceptors (Lipinski definition) is 3. The molecule has 3 rings (SSSR count). The molecule has 2 aromatic carbocycles. The molecule has 0 aliphatic carbocycles. The first-order valence-electron chi connectivity index (χ1n) is 8.04. The third-order valence-corrected chi connectivity index (χ3v) is 3.71. The summed E-state index contributed by atoms with van der Waals surface area (Å²) in [4.78, 5) is 16.2. The molecule has 0 saturated heterocycles. The fourth-order valence-electron chi connectivity index (χ4n) is 2.50. The second-order valence-corrected chi connectivity index (χ2v) is 5.87. The van der Waals surface area contributed by atoms with E-state index < -0.39 is 11.6 Å². The van der Waals surface area contributed by atoms with Crippen molar-refractivity contribution >= 4 is 23.1 Å². The predicted octanol–water partition coefficient (Wildman–Crippen LogP) is 4.59. The molecule has 0 aliphatic rings. The number of carbonyl (C=O) groups is 1. The zero-order valence-corrected chi connectivity index (χ0v) is 14.1. The molecule has 0 bridgehead atoms. The smallest absolute Gasteiger partial charge is 0.229 e. The standard InChI is InChI=1S/C20H17F2N3O/c1-13-4-2-5-14(10-13)11-19(26)25-18-9-8-15(12-23-18)24-20-16(21)6-3-7-17(20)22/h2-10,12,24H,11H2,1H3,(H,23,25,26). The van der Waals surface area contributed by atoms with Crippen LogP contribution in [0.2, 0.25) is 0 Å². The number of pyridine rings is 1. The molecule has 132 valence electrons. The van der Waals surface area contributed by atoms with Crippen LogP contribution in [0.4, 0.5) is 26.0 Å². The van der Waals surface area contributed by atoms with Gasteiger partial charge in [-0.2, -0.15) is 0 Å². The van der Waals surface area contributed by atoms with Gasteiger partial charge in [0.1, 0.15) is 23.1 Å². The largest absolute Gasteiger partial charge is 0.349 e. The number of halogens is 2. The van der Waals surface area contributed by atoms with E-state index >= 15 is 0 Å². The zero-order chi connectivity index (χ0) is 18.5. The molecule has 2 N–H and O–H groups in total. The molecular formula is C20H17F2N3O. The van der Waals surface area contributed by atoms with Crippen molar-refractivity contribution in [2.45, 2.75) is 13.3 Å². The van der Waals surface area contributed by atoms with Gasteiger partial charge in [0.25, 0.3) is 0 Å². The Morgan fingerprint density at radius 1 is 1.04 bits per heavy atom. The van der Waals surface area contributed by atoms with Crippen LogP contribution in [0.1, 0.15) is 11.1 Å². The van der Waals surface area contributed by atoms with E-state index in [-0.39, 0.29) is 18.0 Å². The van der Waals surface area contributed by atoms with Gasteiger partial charge in [-0.3, -0.25) is 4.79 Å². The first kappa shape index (κ1) is 17.5. The number of para-hydroxylation sites is 1. The molecule has 0 saturated carbocycles. The molecule has 26 heavy (non-hydrogen) atoms. The van der Waals surface area contributed by atoms with Crippen LogP contribution in [0.25, 0.3) is 0 Å². The topological polar surface area (TPSA) is 54.0 Å². The number of aromatic nitrogens is 1. The third-order valence-electron chi connectivity index (χ3n) is 3.71. The molecule has 1 heterocycles.